The minimum Gasteiger partial charge on any atom is -0.369 e. The number of ketones is 1. The smallest absolute Gasteiger partial charge is 0.188 e. The van der Waals surface area contributed by atoms with E-state index in [2.05, 4.69) is 32.9 Å². The molecule has 1 saturated heterocycles. The monoisotopic (exact) mass is 380 g/mol. The molecule has 148 valence electrons. The largest absolute Gasteiger partial charge is 0.369 e. The molecule has 0 unspecified atom stereocenters. The van der Waals surface area contributed by atoms with Gasteiger partial charge in [0, 0.05) is 12.3 Å². The maximum absolute atomic E-state index is 13.4. The molecule has 1 aromatic rings. The summed E-state index contributed by atoms with van der Waals surface area (Å²) >= 11 is 0. The van der Waals surface area contributed by atoms with Gasteiger partial charge < -0.3 is 14.2 Å². The average Bonchev–Trinajstić information content (AvgIpc) is 3.29. The highest BCUT2D eigenvalue weighted by Gasteiger charge is 2.61. The summed E-state index contributed by atoms with van der Waals surface area (Å²) in [4.78, 5) is 13.4. The molecule has 0 radical (unpaired) electrons. The van der Waals surface area contributed by atoms with E-state index in [1.807, 2.05) is 30.4 Å². The summed E-state index contributed by atoms with van der Waals surface area (Å²) in [5.74, 6) is -0.347. The normalized spacial score (nSPS) is 34.9. The van der Waals surface area contributed by atoms with Crippen molar-refractivity contribution in [1.29, 1.82) is 0 Å². The zero-order valence-corrected chi connectivity index (χ0v) is 16.9. The molecule has 0 saturated carbocycles. The molecule has 1 aromatic carbocycles. The molecule has 0 amide bonds. The van der Waals surface area contributed by atoms with Crippen molar-refractivity contribution in [2.24, 2.45) is 16.7 Å². The van der Waals surface area contributed by atoms with E-state index < -0.39 is 11.2 Å². The van der Waals surface area contributed by atoms with Crippen LogP contribution in [0.3, 0.4) is 0 Å². The van der Waals surface area contributed by atoms with Crippen LogP contribution in [0.4, 0.5) is 0 Å². The van der Waals surface area contributed by atoms with Gasteiger partial charge >= 0.3 is 0 Å². The summed E-state index contributed by atoms with van der Waals surface area (Å²) in [6, 6.07) is 10.2. The molecule has 5 rings (SSSR count). The number of fused-ring (bicyclic) bond motifs is 2. The fourth-order valence-corrected chi connectivity index (χ4v) is 5.56. The third-order valence-corrected chi connectivity index (χ3v) is 7.04. The molecular weight excluding hydrogens is 352 g/mol. The molecule has 1 spiro atoms. The van der Waals surface area contributed by atoms with Crippen LogP contribution in [0.15, 0.2) is 53.6 Å². The Hall–Kier alpha value is -1.75. The molecule has 1 fully saturated rings. The number of ether oxygens (including phenoxy) is 3. The van der Waals surface area contributed by atoms with Crippen molar-refractivity contribution < 1.29 is 19.0 Å². The second kappa shape index (κ2) is 6.12. The first-order valence-electron chi connectivity index (χ1n) is 10.3. The molecular formula is C24H28O4. The number of benzene rings is 1. The summed E-state index contributed by atoms with van der Waals surface area (Å²) < 4.78 is 18.4. The van der Waals surface area contributed by atoms with Crippen LogP contribution >= 0.6 is 0 Å². The van der Waals surface area contributed by atoms with Gasteiger partial charge in [0.2, 0.25) is 0 Å². The number of carbonyl (C=O) groups excluding carboxylic acids is 1. The number of Topliss-reactive ketones (excluding diaryl/α,β-unsaturated/α-hetero) is 1. The predicted molar refractivity (Wildman–Crippen MR) is 105 cm³/mol. The third-order valence-electron chi connectivity index (χ3n) is 7.04. The lowest BCUT2D eigenvalue weighted by Crippen LogP contribution is -2.45. The zero-order valence-electron chi connectivity index (χ0n) is 16.9. The Labute approximate surface area is 166 Å². The lowest BCUT2D eigenvalue weighted by molar-refractivity contribution is -0.147. The molecule has 1 heterocycles. The Morgan fingerprint density at radius 3 is 2.50 bits per heavy atom. The van der Waals surface area contributed by atoms with E-state index in [1.54, 1.807) is 0 Å². The van der Waals surface area contributed by atoms with Crippen LogP contribution in [0.25, 0.3) is 0 Å². The van der Waals surface area contributed by atoms with Crippen LogP contribution in [0.5, 0.6) is 0 Å². The molecule has 28 heavy (non-hydrogen) atoms. The van der Waals surface area contributed by atoms with Crippen LogP contribution in [0.2, 0.25) is 0 Å². The molecule has 0 N–H and O–H groups in total. The molecule has 1 aliphatic heterocycles. The summed E-state index contributed by atoms with van der Waals surface area (Å²) in [7, 11) is 0. The van der Waals surface area contributed by atoms with E-state index in [0.29, 0.717) is 26.2 Å². The zero-order chi connectivity index (χ0) is 19.6. The second-order valence-corrected chi connectivity index (χ2v) is 9.49. The number of allylic oxidation sites excluding steroid dienone is 2. The Morgan fingerprint density at radius 2 is 1.79 bits per heavy atom. The van der Waals surface area contributed by atoms with Gasteiger partial charge in [-0.2, -0.15) is 0 Å². The number of carbonyl (C=O) groups is 1. The summed E-state index contributed by atoms with van der Waals surface area (Å²) in [6.07, 6.45) is 5.40. The van der Waals surface area contributed by atoms with Crippen LogP contribution < -0.4 is 0 Å². The highest BCUT2D eigenvalue weighted by Crippen LogP contribution is 2.61. The topological polar surface area (TPSA) is 44.8 Å². The van der Waals surface area contributed by atoms with E-state index in [9.17, 15) is 4.79 Å². The Morgan fingerprint density at radius 1 is 1.07 bits per heavy atom. The van der Waals surface area contributed by atoms with E-state index in [0.717, 1.165) is 17.6 Å². The Kier molecular flexibility index (Phi) is 4.00. The molecule has 0 bridgehead atoms. The first-order valence-corrected chi connectivity index (χ1v) is 10.3. The standard InChI is InChI=1S/C24H28O4/c1-22(2)13-17-19(21(22)26-15-16-7-5-4-6-8-16)18-14-24(27-11-12-28-24)10-9-23(18,3)20(17)25/h4-10,18,21H,11-15H2,1-3H3/t18-,21-,23-/m1/s1. The van der Waals surface area contributed by atoms with Gasteiger partial charge in [-0.25, -0.2) is 0 Å². The van der Waals surface area contributed by atoms with E-state index in [1.165, 1.54) is 5.57 Å². The van der Waals surface area contributed by atoms with Crippen LogP contribution in [-0.4, -0.2) is 30.9 Å². The first kappa shape index (κ1) is 18.3. The Bertz CT molecular complexity index is 860. The fraction of sp³-hybridized carbons (Fsp3) is 0.542. The van der Waals surface area contributed by atoms with E-state index in [-0.39, 0.29) is 23.2 Å². The van der Waals surface area contributed by atoms with Gasteiger partial charge in [0.25, 0.3) is 0 Å². The maximum atomic E-state index is 13.4. The highest BCUT2D eigenvalue weighted by molar-refractivity contribution is 6.06. The number of hydrogen-bond acceptors (Lipinski definition) is 4. The molecule has 4 nitrogen and oxygen atoms in total. The molecule has 4 aliphatic rings. The molecule has 3 aliphatic carbocycles. The van der Waals surface area contributed by atoms with Gasteiger partial charge in [-0.3, -0.25) is 4.79 Å². The second-order valence-electron chi connectivity index (χ2n) is 9.49. The molecule has 0 aromatic heterocycles. The molecule has 3 atom stereocenters. The van der Waals surface area contributed by atoms with Crippen molar-refractivity contribution in [1.82, 2.24) is 0 Å². The van der Waals surface area contributed by atoms with Crippen LogP contribution in [-0.2, 0) is 25.6 Å². The average molecular weight is 380 g/mol. The lowest BCUT2D eigenvalue weighted by Gasteiger charge is -2.43. The fourth-order valence-electron chi connectivity index (χ4n) is 5.56. The summed E-state index contributed by atoms with van der Waals surface area (Å²) in [5, 5.41) is 0. The number of hydrogen-bond donors (Lipinski definition) is 0. The van der Waals surface area contributed by atoms with Crippen molar-refractivity contribution in [3.05, 3.63) is 59.2 Å². The first-order chi connectivity index (χ1) is 13.3. The van der Waals surface area contributed by atoms with Crippen molar-refractivity contribution in [2.45, 2.75) is 52.1 Å². The van der Waals surface area contributed by atoms with Gasteiger partial charge in [0.05, 0.1) is 31.3 Å². The lowest BCUT2D eigenvalue weighted by atomic mass is 9.65. The van der Waals surface area contributed by atoms with Crippen LogP contribution in [0.1, 0.15) is 39.2 Å². The van der Waals surface area contributed by atoms with Gasteiger partial charge in [-0.1, -0.05) is 50.3 Å². The van der Waals surface area contributed by atoms with Gasteiger partial charge in [0.1, 0.15) is 0 Å². The Balaban J connectivity index is 1.48. The van der Waals surface area contributed by atoms with Crippen molar-refractivity contribution in [3.63, 3.8) is 0 Å². The van der Waals surface area contributed by atoms with Gasteiger partial charge in [-0.05, 0) is 41.5 Å². The maximum Gasteiger partial charge on any atom is 0.188 e. The van der Waals surface area contributed by atoms with E-state index in [4.69, 9.17) is 14.2 Å². The predicted octanol–water partition coefficient (Wildman–Crippen LogP) is 4.21. The number of rotatable bonds is 3. The quantitative estimate of drug-likeness (QED) is 0.737. The summed E-state index contributed by atoms with van der Waals surface area (Å²) in [6.45, 7) is 8.25. The minimum absolute atomic E-state index is 0.0663. The van der Waals surface area contributed by atoms with Crippen LogP contribution in [0, 0.1) is 16.7 Å². The highest BCUT2D eigenvalue weighted by atomic mass is 16.7. The van der Waals surface area contributed by atoms with E-state index >= 15 is 0 Å². The SMILES string of the molecule is CC1(C)CC2=C([C@H]1OCc1ccccc1)[C@H]1CC3(C=C[C@@]1(C)C2=O)OCCO3. The van der Waals surface area contributed by atoms with Crippen molar-refractivity contribution >= 4 is 5.78 Å². The van der Waals surface area contributed by atoms with Crippen molar-refractivity contribution in [2.75, 3.05) is 13.2 Å². The van der Waals surface area contributed by atoms with Gasteiger partial charge in [0.15, 0.2) is 11.6 Å². The molecule has 4 heteroatoms. The minimum atomic E-state index is -0.677. The third kappa shape index (κ3) is 2.58. The van der Waals surface area contributed by atoms with Gasteiger partial charge in [-0.15, -0.1) is 0 Å². The summed E-state index contributed by atoms with van der Waals surface area (Å²) in [5.41, 5.74) is 2.73. The van der Waals surface area contributed by atoms with Crippen molar-refractivity contribution in [3.8, 4) is 0 Å².